The van der Waals surface area contributed by atoms with E-state index in [0.29, 0.717) is 6.54 Å². The molecule has 5 nitrogen and oxygen atoms in total. The van der Waals surface area contributed by atoms with Crippen molar-refractivity contribution in [2.45, 2.75) is 18.4 Å². The van der Waals surface area contributed by atoms with Gasteiger partial charge in [0.1, 0.15) is 0 Å². The molecule has 136 valence electrons. The molecule has 2 bridgehead atoms. The second kappa shape index (κ2) is 6.32. The summed E-state index contributed by atoms with van der Waals surface area (Å²) in [5, 5.41) is 10.6. The number of methoxy groups -OCH3 is 1. The Kier molecular flexibility index (Phi) is 4.11. The Balaban J connectivity index is 2.02. The van der Waals surface area contributed by atoms with Gasteiger partial charge in [-0.1, -0.05) is 30.9 Å². The van der Waals surface area contributed by atoms with E-state index in [1.807, 2.05) is 18.2 Å². The van der Waals surface area contributed by atoms with Crippen LogP contribution in [0.25, 0.3) is 10.9 Å². The van der Waals surface area contributed by atoms with Gasteiger partial charge in [-0.3, -0.25) is 4.79 Å². The first-order valence-electron chi connectivity index (χ1n) is 8.98. The largest absolute Gasteiger partial charge is 0.469 e. The van der Waals surface area contributed by atoms with Crippen LogP contribution in [0.2, 0.25) is 0 Å². The molecular formula is C21H24N2O3. The van der Waals surface area contributed by atoms with E-state index in [9.17, 15) is 9.90 Å². The summed E-state index contributed by atoms with van der Waals surface area (Å²) in [4.78, 5) is 15.0. The first-order valence-corrected chi connectivity index (χ1v) is 8.98. The van der Waals surface area contributed by atoms with Crippen molar-refractivity contribution < 1.29 is 14.6 Å². The second-order valence-electron chi connectivity index (χ2n) is 7.03. The van der Waals surface area contributed by atoms with Gasteiger partial charge in [-0.05, 0) is 23.6 Å². The van der Waals surface area contributed by atoms with Crippen molar-refractivity contribution in [3.8, 4) is 0 Å². The lowest BCUT2D eigenvalue weighted by atomic mass is 9.69. The SMILES string of the molecule is C=CC1=CN(CCO)[C@H]2C[C@@H]1[C@H](C(=O)OC)c1c2n(C)c2ccccc12. The zero-order valence-corrected chi connectivity index (χ0v) is 15.2. The summed E-state index contributed by atoms with van der Waals surface area (Å²) < 4.78 is 7.39. The van der Waals surface area contributed by atoms with Crippen molar-refractivity contribution in [1.29, 1.82) is 0 Å². The molecule has 4 rings (SSSR count). The number of aliphatic hydroxyl groups is 1. The third kappa shape index (κ3) is 2.23. The van der Waals surface area contributed by atoms with Crippen LogP contribution in [-0.4, -0.2) is 40.8 Å². The van der Waals surface area contributed by atoms with Gasteiger partial charge in [0.05, 0.1) is 25.7 Å². The monoisotopic (exact) mass is 352 g/mol. The van der Waals surface area contributed by atoms with E-state index < -0.39 is 0 Å². The Morgan fingerprint density at radius 2 is 2.19 bits per heavy atom. The highest BCUT2D eigenvalue weighted by Gasteiger charge is 2.47. The number of rotatable bonds is 4. The highest BCUT2D eigenvalue weighted by atomic mass is 16.5. The predicted octanol–water partition coefficient (Wildman–Crippen LogP) is 2.87. The van der Waals surface area contributed by atoms with Gasteiger partial charge in [-0.2, -0.15) is 0 Å². The van der Waals surface area contributed by atoms with E-state index in [0.717, 1.165) is 34.2 Å². The standard InChI is InChI=1S/C21H24N2O3/c1-4-13-12-23(9-10-24)17-11-15(13)19(21(25)26-3)18-14-7-5-6-8-16(14)22(2)20(17)18/h4-8,12,15,17,19,24H,1,9-11H2,2-3H3/t15-,17-,19-/m0/s1. The first-order chi connectivity index (χ1) is 12.6. The molecular weight excluding hydrogens is 328 g/mol. The maximum Gasteiger partial charge on any atom is 0.313 e. The zero-order chi connectivity index (χ0) is 18.4. The van der Waals surface area contributed by atoms with Crippen LogP contribution in [-0.2, 0) is 16.6 Å². The van der Waals surface area contributed by atoms with Gasteiger partial charge in [-0.15, -0.1) is 0 Å². The number of benzene rings is 1. The number of aryl methyl sites for hydroxylation is 1. The molecule has 0 fully saturated rings. The van der Waals surface area contributed by atoms with E-state index in [2.05, 4.69) is 41.4 Å². The number of para-hydroxylation sites is 1. The molecule has 1 N–H and O–H groups in total. The fourth-order valence-corrected chi connectivity index (χ4v) is 4.81. The lowest BCUT2D eigenvalue weighted by molar-refractivity contribution is -0.144. The average molecular weight is 352 g/mol. The van der Waals surface area contributed by atoms with Crippen LogP contribution in [0.5, 0.6) is 0 Å². The molecule has 0 spiro atoms. The Labute approximate surface area is 153 Å². The van der Waals surface area contributed by atoms with Gasteiger partial charge in [0.2, 0.25) is 0 Å². The van der Waals surface area contributed by atoms with Crippen molar-refractivity contribution in [3.63, 3.8) is 0 Å². The lowest BCUT2D eigenvalue weighted by Gasteiger charge is -2.45. The minimum absolute atomic E-state index is 0.0400. The van der Waals surface area contributed by atoms with E-state index in [4.69, 9.17) is 4.74 Å². The van der Waals surface area contributed by atoms with Crippen LogP contribution in [0, 0.1) is 5.92 Å². The number of aromatic nitrogens is 1. The number of hydrogen-bond donors (Lipinski definition) is 1. The smallest absolute Gasteiger partial charge is 0.313 e. The molecule has 2 heterocycles. The molecule has 3 atom stereocenters. The number of aliphatic hydroxyl groups excluding tert-OH is 1. The molecule has 0 saturated heterocycles. The molecule has 0 saturated carbocycles. The van der Waals surface area contributed by atoms with E-state index in [-0.39, 0.29) is 30.5 Å². The fourth-order valence-electron chi connectivity index (χ4n) is 4.81. The average Bonchev–Trinajstić information content (AvgIpc) is 2.96. The molecule has 2 aliphatic rings. The maximum absolute atomic E-state index is 12.8. The molecule has 1 aromatic heterocycles. The van der Waals surface area contributed by atoms with Crippen LogP contribution in [0.15, 0.2) is 48.7 Å². The summed E-state index contributed by atoms with van der Waals surface area (Å²) in [6.45, 7) is 4.59. The lowest BCUT2D eigenvalue weighted by Crippen LogP contribution is -2.41. The molecule has 5 heteroatoms. The van der Waals surface area contributed by atoms with Gasteiger partial charge in [0, 0.05) is 42.3 Å². The minimum Gasteiger partial charge on any atom is -0.469 e. The first kappa shape index (κ1) is 16.9. The van der Waals surface area contributed by atoms with Crippen molar-refractivity contribution in [3.05, 3.63) is 60.0 Å². The number of β-amino-alcohol motifs (C(OH)–C–C–N with tert-alkyl or cyclic N) is 1. The van der Waals surface area contributed by atoms with Crippen molar-refractivity contribution >= 4 is 16.9 Å². The number of allylic oxidation sites excluding steroid dienone is 2. The molecule has 0 radical (unpaired) electrons. The van der Waals surface area contributed by atoms with E-state index in [1.165, 1.54) is 7.11 Å². The normalized spacial score (nSPS) is 24.2. The number of esters is 1. The van der Waals surface area contributed by atoms with Gasteiger partial charge in [-0.25, -0.2) is 0 Å². The predicted molar refractivity (Wildman–Crippen MR) is 101 cm³/mol. The summed E-state index contributed by atoms with van der Waals surface area (Å²) in [6.07, 6.45) is 4.70. The van der Waals surface area contributed by atoms with Gasteiger partial charge in [0.25, 0.3) is 0 Å². The number of nitrogens with zero attached hydrogens (tertiary/aromatic N) is 2. The van der Waals surface area contributed by atoms with E-state index in [1.54, 1.807) is 0 Å². The van der Waals surface area contributed by atoms with Crippen LogP contribution in [0.1, 0.15) is 29.6 Å². The van der Waals surface area contributed by atoms with Crippen LogP contribution in [0.4, 0.5) is 0 Å². The highest BCUT2D eigenvalue weighted by Crippen LogP contribution is 2.53. The fraction of sp³-hybridized carbons (Fsp3) is 0.381. The van der Waals surface area contributed by atoms with Gasteiger partial charge in [0.15, 0.2) is 0 Å². The summed E-state index contributed by atoms with van der Waals surface area (Å²) in [7, 11) is 3.51. The summed E-state index contributed by atoms with van der Waals surface area (Å²) in [6, 6.07) is 8.33. The minimum atomic E-state index is -0.335. The number of hydrogen-bond acceptors (Lipinski definition) is 4. The molecule has 1 aliphatic heterocycles. The number of carbonyl (C=O) groups excluding carboxylic acids is 1. The van der Waals surface area contributed by atoms with Crippen LogP contribution < -0.4 is 0 Å². The Morgan fingerprint density at radius 1 is 1.42 bits per heavy atom. The van der Waals surface area contributed by atoms with Crippen LogP contribution in [0.3, 0.4) is 0 Å². The molecule has 0 amide bonds. The maximum atomic E-state index is 12.8. The summed E-state index contributed by atoms with van der Waals surface area (Å²) in [5.41, 5.74) is 4.35. The highest BCUT2D eigenvalue weighted by molar-refractivity contribution is 5.93. The van der Waals surface area contributed by atoms with Gasteiger partial charge >= 0.3 is 5.97 Å². The van der Waals surface area contributed by atoms with Crippen molar-refractivity contribution in [1.82, 2.24) is 9.47 Å². The quantitative estimate of drug-likeness (QED) is 0.860. The molecule has 0 unspecified atom stereocenters. The molecule has 1 aliphatic carbocycles. The van der Waals surface area contributed by atoms with Gasteiger partial charge < -0.3 is 19.3 Å². The number of fused-ring (bicyclic) bond motifs is 6. The van der Waals surface area contributed by atoms with E-state index >= 15 is 0 Å². The van der Waals surface area contributed by atoms with Crippen LogP contribution >= 0.6 is 0 Å². The second-order valence-corrected chi connectivity index (χ2v) is 7.03. The Hall–Kier alpha value is -2.53. The third-order valence-electron chi connectivity index (χ3n) is 5.89. The topological polar surface area (TPSA) is 54.7 Å². The Morgan fingerprint density at radius 3 is 2.88 bits per heavy atom. The summed E-state index contributed by atoms with van der Waals surface area (Å²) >= 11 is 0. The molecule has 2 aromatic rings. The molecule has 1 aromatic carbocycles. The van der Waals surface area contributed by atoms with Crippen molar-refractivity contribution in [2.75, 3.05) is 20.3 Å². The summed E-state index contributed by atoms with van der Waals surface area (Å²) in [5.74, 6) is -0.495. The zero-order valence-electron chi connectivity index (χ0n) is 15.2. The molecule has 26 heavy (non-hydrogen) atoms. The number of ether oxygens (including phenoxy) is 1. The van der Waals surface area contributed by atoms with Crippen molar-refractivity contribution in [2.24, 2.45) is 13.0 Å². The third-order valence-corrected chi connectivity index (χ3v) is 5.89. The number of carbonyl (C=O) groups is 1. The Bertz CT molecular complexity index is 911.